The Morgan fingerprint density at radius 1 is 1.35 bits per heavy atom. The van der Waals surface area contributed by atoms with E-state index < -0.39 is 29.4 Å². The van der Waals surface area contributed by atoms with Gasteiger partial charge in [-0.25, -0.2) is 4.39 Å². The van der Waals surface area contributed by atoms with Crippen molar-refractivity contribution in [1.82, 2.24) is 0 Å². The lowest BCUT2D eigenvalue weighted by molar-refractivity contribution is -0.142. The Bertz CT molecular complexity index is 516. The standard InChI is InChI=1S/C13H13F4NO2/c14-10-6-9(13(15,16)17)3-4-11(10)18-5-1-2-8(7-18)12(19)20/h3-4,6,8H,1-2,5,7H2,(H,19,20). The second-order valence-electron chi connectivity index (χ2n) is 4.79. The smallest absolute Gasteiger partial charge is 0.416 e. The van der Waals surface area contributed by atoms with Crippen LogP contribution in [-0.4, -0.2) is 24.2 Å². The molecule has 3 nitrogen and oxygen atoms in total. The maximum atomic E-state index is 13.8. The van der Waals surface area contributed by atoms with Crippen LogP contribution in [0.3, 0.4) is 0 Å². The van der Waals surface area contributed by atoms with Crippen molar-refractivity contribution in [3.8, 4) is 0 Å². The molecule has 0 aliphatic carbocycles. The summed E-state index contributed by atoms with van der Waals surface area (Å²) in [5.74, 6) is -2.57. The van der Waals surface area contributed by atoms with Crippen LogP contribution in [0.25, 0.3) is 0 Å². The van der Waals surface area contributed by atoms with Gasteiger partial charge in [-0.15, -0.1) is 0 Å². The Morgan fingerprint density at radius 3 is 2.60 bits per heavy atom. The van der Waals surface area contributed by atoms with Gasteiger partial charge in [0.15, 0.2) is 0 Å². The number of carboxylic acid groups (broad SMARTS) is 1. The molecule has 110 valence electrons. The first-order valence-electron chi connectivity index (χ1n) is 6.13. The zero-order valence-electron chi connectivity index (χ0n) is 10.5. The molecule has 1 atom stereocenters. The van der Waals surface area contributed by atoms with Crippen LogP contribution in [-0.2, 0) is 11.0 Å². The maximum absolute atomic E-state index is 13.8. The Morgan fingerprint density at radius 2 is 2.05 bits per heavy atom. The van der Waals surface area contributed by atoms with E-state index in [9.17, 15) is 22.4 Å². The first-order valence-corrected chi connectivity index (χ1v) is 6.13. The minimum atomic E-state index is -4.59. The van der Waals surface area contributed by atoms with Gasteiger partial charge in [0.2, 0.25) is 0 Å². The zero-order chi connectivity index (χ0) is 14.9. The number of hydrogen-bond donors (Lipinski definition) is 1. The molecule has 0 radical (unpaired) electrons. The highest BCUT2D eigenvalue weighted by Gasteiger charge is 2.32. The molecule has 20 heavy (non-hydrogen) atoms. The number of carbonyl (C=O) groups is 1. The van der Waals surface area contributed by atoms with Crippen LogP contribution in [0.5, 0.6) is 0 Å². The second-order valence-corrected chi connectivity index (χ2v) is 4.79. The number of hydrogen-bond acceptors (Lipinski definition) is 2. The summed E-state index contributed by atoms with van der Waals surface area (Å²) in [6.07, 6.45) is -3.53. The predicted octanol–water partition coefficient (Wildman–Crippen LogP) is 3.15. The molecule has 1 unspecified atom stereocenters. The first-order chi connectivity index (χ1) is 9.29. The normalized spacial score (nSPS) is 20.0. The van der Waals surface area contributed by atoms with Crippen LogP contribution in [0.2, 0.25) is 0 Å². The number of carboxylic acids is 1. The highest BCUT2D eigenvalue weighted by atomic mass is 19.4. The van der Waals surface area contributed by atoms with Gasteiger partial charge in [-0.05, 0) is 31.0 Å². The molecule has 1 aliphatic rings. The van der Waals surface area contributed by atoms with E-state index in [4.69, 9.17) is 5.11 Å². The summed E-state index contributed by atoms with van der Waals surface area (Å²) in [5.41, 5.74) is -1.03. The number of nitrogens with zero attached hydrogens (tertiary/aromatic N) is 1. The summed E-state index contributed by atoms with van der Waals surface area (Å²) < 4.78 is 51.2. The van der Waals surface area contributed by atoms with E-state index in [1.54, 1.807) is 0 Å². The Hall–Kier alpha value is -1.79. The fourth-order valence-electron chi connectivity index (χ4n) is 2.34. The fraction of sp³-hybridized carbons (Fsp3) is 0.462. The lowest BCUT2D eigenvalue weighted by Crippen LogP contribution is -2.39. The monoisotopic (exact) mass is 291 g/mol. The first kappa shape index (κ1) is 14.6. The van der Waals surface area contributed by atoms with Crippen LogP contribution in [0.1, 0.15) is 18.4 Å². The molecule has 0 amide bonds. The third kappa shape index (κ3) is 3.02. The second kappa shape index (κ2) is 5.30. The number of piperidine rings is 1. The molecule has 1 heterocycles. The van der Waals surface area contributed by atoms with Crippen LogP contribution < -0.4 is 4.90 Å². The Kier molecular flexibility index (Phi) is 3.87. The summed E-state index contributed by atoms with van der Waals surface area (Å²) in [4.78, 5) is 12.4. The van der Waals surface area contributed by atoms with Gasteiger partial charge >= 0.3 is 12.1 Å². The van der Waals surface area contributed by atoms with Gasteiger partial charge in [0.1, 0.15) is 5.82 Å². The predicted molar refractivity (Wildman–Crippen MR) is 64.0 cm³/mol. The Balaban J connectivity index is 2.23. The van der Waals surface area contributed by atoms with Gasteiger partial charge in [0, 0.05) is 13.1 Å². The van der Waals surface area contributed by atoms with Crippen LogP contribution in [0.4, 0.5) is 23.2 Å². The highest BCUT2D eigenvalue weighted by molar-refractivity contribution is 5.71. The van der Waals surface area contributed by atoms with Crippen LogP contribution in [0, 0.1) is 11.7 Å². The largest absolute Gasteiger partial charge is 0.481 e. The van der Waals surface area contributed by atoms with Crippen molar-refractivity contribution in [2.45, 2.75) is 19.0 Å². The van der Waals surface area contributed by atoms with Crippen molar-refractivity contribution in [3.63, 3.8) is 0 Å². The van der Waals surface area contributed by atoms with Gasteiger partial charge in [-0.1, -0.05) is 0 Å². The number of halogens is 4. The van der Waals surface area contributed by atoms with Crippen molar-refractivity contribution < 1.29 is 27.5 Å². The number of benzene rings is 1. The summed E-state index contributed by atoms with van der Waals surface area (Å²) in [7, 11) is 0. The average molecular weight is 291 g/mol. The van der Waals surface area contributed by atoms with Crippen molar-refractivity contribution in [2.75, 3.05) is 18.0 Å². The summed E-state index contributed by atoms with van der Waals surface area (Å²) in [6.45, 7) is 0.545. The topological polar surface area (TPSA) is 40.5 Å². The van der Waals surface area contributed by atoms with E-state index in [1.165, 1.54) is 4.90 Å². The van der Waals surface area contributed by atoms with Gasteiger partial charge < -0.3 is 10.0 Å². The van der Waals surface area contributed by atoms with Crippen molar-refractivity contribution in [1.29, 1.82) is 0 Å². The van der Waals surface area contributed by atoms with Crippen molar-refractivity contribution in [3.05, 3.63) is 29.6 Å². The van der Waals surface area contributed by atoms with Gasteiger partial charge in [0.05, 0.1) is 17.2 Å². The molecule has 0 aromatic heterocycles. The molecule has 1 saturated heterocycles. The molecule has 0 saturated carbocycles. The third-order valence-electron chi connectivity index (χ3n) is 3.39. The minimum absolute atomic E-state index is 0.0175. The summed E-state index contributed by atoms with van der Waals surface area (Å²) in [5, 5.41) is 8.95. The SMILES string of the molecule is O=C(O)C1CCCN(c2ccc(C(F)(F)F)cc2F)C1. The van der Waals surface area contributed by atoms with E-state index in [1.807, 2.05) is 0 Å². The molecule has 1 fully saturated rings. The molecule has 7 heteroatoms. The fourth-order valence-corrected chi connectivity index (χ4v) is 2.34. The molecule has 1 N–H and O–H groups in total. The van der Waals surface area contributed by atoms with E-state index in [0.717, 1.165) is 12.1 Å². The molecular weight excluding hydrogens is 278 g/mol. The number of aliphatic carboxylic acids is 1. The maximum Gasteiger partial charge on any atom is 0.416 e. The lowest BCUT2D eigenvalue weighted by atomic mass is 9.97. The highest BCUT2D eigenvalue weighted by Crippen LogP contribution is 2.33. The molecule has 1 aliphatic heterocycles. The van der Waals surface area contributed by atoms with Gasteiger partial charge in [-0.2, -0.15) is 13.2 Å². The minimum Gasteiger partial charge on any atom is -0.481 e. The van der Waals surface area contributed by atoms with Crippen molar-refractivity contribution in [2.24, 2.45) is 5.92 Å². The molecule has 0 bridgehead atoms. The van der Waals surface area contributed by atoms with Crippen LogP contribution >= 0.6 is 0 Å². The van der Waals surface area contributed by atoms with Crippen molar-refractivity contribution >= 4 is 11.7 Å². The molecular formula is C13H13F4NO2. The average Bonchev–Trinajstić information content (AvgIpc) is 2.37. The lowest BCUT2D eigenvalue weighted by Gasteiger charge is -2.32. The molecule has 0 spiro atoms. The van der Waals surface area contributed by atoms with E-state index in [0.29, 0.717) is 25.5 Å². The zero-order valence-corrected chi connectivity index (χ0v) is 10.5. The van der Waals surface area contributed by atoms with E-state index >= 15 is 0 Å². The number of alkyl halides is 3. The summed E-state index contributed by atoms with van der Waals surface area (Å²) >= 11 is 0. The number of rotatable bonds is 2. The third-order valence-corrected chi connectivity index (χ3v) is 3.39. The molecule has 1 aromatic rings. The molecule has 2 rings (SSSR count). The Labute approximate surface area is 112 Å². The van der Waals surface area contributed by atoms with Crippen LogP contribution in [0.15, 0.2) is 18.2 Å². The van der Waals surface area contributed by atoms with Gasteiger partial charge in [0.25, 0.3) is 0 Å². The quantitative estimate of drug-likeness (QED) is 0.851. The van der Waals surface area contributed by atoms with E-state index in [-0.39, 0.29) is 12.2 Å². The molecule has 1 aromatic carbocycles. The van der Waals surface area contributed by atoms with Gasteiger partial charge in [-0.3, -0.25) is 4.79 Å². The summed E-state index contributed by atoms with van der Waals surface area (Å²) in [6, 6.07) is 2.31. The number of anilines is 1. The van der Waals surface area contributed by atoms with E-state index in [2.05, 4.69) is 0 Å².